The summed E-state index contributed by atoms with van der Waals surface area (Å²) in [5, 5.41) is 6.02. The van der Waals surface area contributed by atoms with Crippen molar-refractivity contribution in [2.45, 2.75) is 31.7 Å². The zero-order valence-corrected chi connectivity index (χ0v) is 19.1. The summed E-state index contributed by atoms with van der Waals surface area (Å²) in [5.41, 5.74) is 9.26. The number of nitrogens with one attached hydrogen (secondary N) is 2. The molecule has 0 spiro atoms. The van der Waals surface area contributed by atoms with Crippen LogP contribution in [-0.2, 0) is 0 Å². The van der Waals surface area contributed by atoms with Crippen molar-refractivity contribution in [3.63, 3.8) is 0 Å². The summed E-state index contributed by atoms with van der Waals surface area (Å²) in [7, 11) is 0. The molecule has 8 heteroatoms. The van der Waals surface area contributed by atoms with E-state index in [1.807, 2.05) is 36.5 Å². The van der Waals surface area contributed by atoms with Crippen LogP contribution in [0.5, 0.6) is 0 Å². The highest BCUT2D eigenvalue weighted by molar-refractivity contribution is 6.18. The highest BCUT2D eigenvalue weighted by Crippen LogP contribution is 2.35. The van der Waals surface area contributed by atoms with Gasteiger partial charge in [-0.2, -0.15) is 0 Å². The van der Waals surface area contributed by atoms with Crippen molar-refractivity contribution < 1.29 is 9.59 Å². The number of fused-ring (bicyclic) bond motifs is 1. The van der Waals surface area contributed by atoms with Crippen molar-refractivity contribution in [1.29, 1.82) is 0 Å². The first-order chi connectivity index (χ1) is 17.1. The molecule has 1 fully saturated rings. The summed E-state index contributed by atoms with van der Waals surface area (Å²) >= 11 is 0. The van der Waals surface area contributed by atoms with Crippen LogP contribution in [0.2, 0.25) is 0 Å². The molecular weight excluding hydrogens is 440 g/mol. The van der Waals surface area contributed by atoms with Crippen LogP contribution in [0.15, 0.2) is 73.3 Å². The van der Waals surface area contributed by atoms with Gasteiger partial charge >= 0.3 is 6.03 Å². The van der Waals surface area contributed by atoms with Crippen molar-refractivity contribution in [2.24, 2.45) is 0 Å². The second-order valence-corrected chi connectivity index (χ2v) is 8.60. The number of nitrogens with zero attached hydrogens (tertiary/aromatic N) is 3. The molecule has 1 saturated carbocycles. The number of nitrogen functional groups attached to an aromatic ring is 1. The Morgan fingerprint density at radius 3 is 2.63 bits per heavy atom. The largest absolute Gasteiger partial charge is 0.383 e. The summed E-state index contributed by atoms with van der Waals surface area (Å²) < 4.78 is 2.07. The van der Waals surface area contributed by atoms with E-state index >= 15 is 0 Å². The minimum atomic E-state index is -0.405. The maximum atomic E-state index is 13.5. The number of rotatable bonds is 6. The molecule has 2 aromatic carbocycles. The molecule has 176 valence electrons. The number of hydrogen-bond acceptors (Lipinski definition) is 5. The number of amides is 2. The van der Waals surface area contributed by atoms with E-state index in [9.17, 15) is 9.59 Å². The van der Waals surface area contributed by atoms with Crippen molar-refractivity contribution >= 4 is 40.4 Å². The minimum Gasteiger partial charge on any atom is -0.383 e. The molecule has 0 unspecified atom stereocenters. The van der Waals surface area contributed by atoms with Gasteiger partial charge in [0.05, 0.1) is 10.9 Å². The van der Waals surface area contributed by atoms with E-state index < -0.39 is 6.03 Å². The molecule has 2 amide bonds. The summed E-state index contributed by atoms with van der Waals surface area (Å²) in [6.45, 7) is 0. The van der Waals surface area contributed by atoms with Crippen LogP contribution in [0.25, 0.3) is 17.1 Å². The fraction of sp³-hybridized carbons (Fsp3) is 0.185. The summed E-state index contributed by atoms with van der Waals surface area (Å²) in [6, 6.07) is 16.4. The Kier molecular flexibility index (Phi) is 6.26. The van der Waals surface area contributed by atoms with Gasteiger partial charge in [-0.25, -0.2) is 14.8 Å². The van der Waals surface area contributed by atoms with Gasteiger partial charge in [0.15, 0.2) is 5.78 Å². The zero-order valence-electron chi connectivity index (χ0n) is 19.1. The fourth-order valence-corrected chi connectivity index (χ4v) is 4.58. The van der Waals surface area contributed by atoms with Crippen molar-refractivity contribution in [2.75, 3.05) is 11.1 Å². The normalized spacial score (nSPS) is 13.9. The monoisotopic (exact) mass is 466 g/mol. The maximum Gasteiger partial charge on any atom is 0.323 e. The van der Waals surface area contributed by atoms with Gasteiger partial charge in [0.25, 0.3) is 0 Å². The summed E-state index contributed by atoms with van der Waals surface area (Å²) in [5.74, 6) is 0.0928. The minimum absolute atomic E-state index is 0.193. The molecule has 0 atom stereocenters. The van der Waals surface area contributed by atoms with E-state index in [0.717, 1.165) is 31.2 Å². The number of urea groups is 1. The molecule has 4 aromatic rings. The molecule has 1 aliphatic rings. The predicted octanol–water partition coefficient (Wildman–Crippen LogP) is 5.15. The summed E-state index contributed by atoms with van der Waals surface area (Å²) in [6.07, 6.45) is 11.1. The van der Waals surface area contributed by atoms with Crippen molar-refractivity contribution in [3.8, 4) is 0 Å². The zero-order chi connectivity index (χ0) is 24.2. The Bertz CT molecular complexity index is 1400. The first kappa shape index (κ1) is 22.3. The fourth-order valence-electron chi connectivity index (χ4n) is 4.58. The number of carbonyl (C=O) groups is 2. The SMILES string of the molecule is Nc1ncnc2c1c(C(=O)c1cccc(NC(=O)NC=Cc3ccccc3)c1)cn2C1CCCC1. The van der Waals surface area contributed by atoms with E-state index in [2.05, 4.69) is 25.2 Å². The standard InChI is InChI=1S/C27H26N6O2/c28-25-23-22(16-33(21-11-4-5-12-21)26(23)31-17-30-25)24(34)19-9-6-10-20(15-19)32-27(35)29-14-13-18-7-2-1-3-8-18/h1-3,6-10,13-17,21H,4-5,11-12H2,(H2,28,30,31)(H2,29,32,35). The third kappa shape index (κ3) is 4.77. The topological polar surface area (TPSA) is 115 Å². The van der Waals surface area contributed by atoms with Crippen LogP contribution >= 0.6 is 0 Å². The maximum absolute atomic E-state index is 13.5. The second kappa shape index (κ2) is 9.80. The van der Waals surface area contributed by atoms with Gasteiger partial charge in [-0.05, 0) is 36.6 Å². The quantitative estimate of drug-likeness (QED) is 0.340. The molecule has 0 aliphatic heterocycles. The first-order valence-corrected chi connectivity index (χ1v) is 11.6. The Hall–Kier alpha value is -4.46. The van der Waals surface area contributed by atoms with E-state index in [1.54, 1.807) is 36.5 Å². The number of aromatic nitrogens is 3. The van der Waals surface area contributed by atoms with Crippen molar-refractivity contribution in [1.82, 2.24) is 19.9 Å². The molecule has 2 heterocycles. The lowest BCUT2D eigenvalue weighted by molar-refractivity contribution is 0.104. The number of anilines is 2. The Balaban J connectivity index is 1.36. The number of carbonyl (C=O) groups excluding carboxylic acids is 2. The Labute approximate surface area is 202 Å². The van der Waals surface area contributed by atoms with Gasteiger partial charge in [-0.15, -0.1) is 0 Å². The number of ketones is 1. The van der Waals surface area contributed by atoms with Crippen LogP contribution in [0.1, 0.15) is 53.2 Å². The lowest BCUT2D eigenvalue weighted by Gasteiger charge is -2.12. The number of benzene rings is 2. The van der Waals surface area contributed by atoms with Crippen molar-refractivity contribution in [3.05, 3.63) is 90.0 Å². The third-order valence-electron chi connectivity index (χ3n) is 6.27. The van der Waals surface area contributed by atoms with Gasteiger partial charge in [0, 0.05) is 29.7 Å². The molecule has 8 nitrogen and oxygen atoms in total. The number of hydrogen-bond donors (Lipinski definition) is 3. The van der Waals surface area contributed by atoms with Crippen LogP contribution in [0.4, 0.5) is 16.3 Å². The average molecular weight is 467 g/mol. The second-order valence-electron chi connectivity index (χ2n) is 8.60. The lowest BCUT2D eigenvalue weighted by Crippen LogP contribution is -2.23. The molecular formula is C27H26N6O2. The highest BCUT2D eigenvalue weighted by atomic mass is 16.2. The molecule has 1 aliphatic carbocycles. The van der Waals surface area contributed by atoms with Crippen LogP contribution in [-0.4, -0.2) is 26.3 Å². The molecule has 2 aromatic heterocycles. The van der Waals surface area contributed by atoms with E-state index in [-0.39, 0.29) is 11.6 Å². The van der Waals surface area contributed by atoms with Gasteiger partial charge in [0.1, 0.15) is 17.8 Å². The van der Waals surface area contributed by atoms with E-state index in [0.29, 0.717) is 33.9 Å². The van der Waals surface area contributed by atoms with E-state index in [1.165, 1.54) is 6.33 Å². The predicted molar refractivity (Wildman–Crippen MR) is 137 cm³/mol. The van der Waals surface area contributed by atoms with Gasteiger partial charge in [0.2, 0.25) is 0 Å². The number of nitrogens with two attached hydrogens (primary N) is 1. The molecule has 0 radical (unpaired) electrons. The van der Waals surface area contributed by atoms with Gasteiger partial charge < -0.3 is 20.9 Å². The molecule has 4 N–H and O–H groups in total. The third-order valence-corrected chi connectivity index (χ3v) is 6.27. The molecule has 0 saturated heterocycles. The highest BCUT2D eigenvalue weighted by Gasteiger charge is 2.25. The first-order valence-electron chi connectivity index (χ1n) is 11.6. The van der Waals surface area contributed by atoms with Gasteiger partial charge in [-0.3, -0.25) is 4.79 Å². The average Bonchev–Trinajstić information content (AvgIpc) is 3.53. The smallest absolute Gasteiger partial charge is 0.323 e. The lowest BCUT2D eigenvalue weighted by atomic mass is 10.0. The van der Waals surface area contributed by atoms with Crippen LogP contribution in [0.3, 0.4) is 0 Å². The Morgan fingerprint density at radius 2 is 1.83 bits per heavy atom. The molecule has 35 heavy (non-hydrogen) atoms. The van der Waals surface area contributed by atoms with Crippen LogP contribution in [0, 0.1) is 0 Å². The Morgan fingerprint density at radius 1 is 1.03 bits per heavy atom. The van der Waals surface area contributed by atoms with Crippen LogP contribution < -0.4 is 16.4 Å². The van der Waals surface area contributed by atoms with E-state index in [4.69, 9.17) is 5.73 Å². The molecule has 5 rings (SSSR count). The molecule has 0 bridgehead atoms. The van der Waals surface area contributed by atoms with Gasteiger partial charge in [-0.1, -0.05) is 55.3 Å². The summed E-state index contributed by atoms with van der Waals surface area (Å²) in [4.78, 5) is 34.4.